The molecule has 1 aliphatic heterocycles. The molecule has 0 unspecified atom stereocenters. The lowest BCUT2D eigenvalue weighted by molar-refractivity contribution is 0.299. The van der Waals surface area contributed by atoms with Crippen molar-refractivity contribution < 1.29 is 4.42 Å². The molecule has 10 heteroatoms. The second-order valence-corrected chi connectivity index (χ2v) is 11.3. The molecule has 2 atom stereocenters. The molecule has 3 aromatic heterocycles. The lowest BCUT2D eigenvalue weighted by Gasteiger charge is -2.21. The summed E-state index contributed by atoms with van der Waals surface area (Å²) in [6, 6.07) is 6.97. The molecule has 1 aliphatic carbocycles. The lowest BCUT2D eigenvalue weighted by Crippen LogP contribution is -2.27. The number of halogens is 1. The van der Waals surface area contributed by atoms with Crippen LogP contribution in [-0.2, 0) is 12.5 Å². The first-order valence-electron chi connectivity index (χ1n) is 11.1. The molecular formula is C23H27ClN6OS2. The summed E-state index contributed by atoms with van der Waals surface area (Å²) >= 11 is 3.55. The number of likely N-dealkylation sites (tertiary alicyclic amines) is 1. The average Bonchev–Trinajstić information content (AvgIpc) is 3.20. The van der Waals surface area contributed by atoms with Gasteiger partial charge in [-0.1, -0.05) is 17.8 Å². The Bertz CT molecular complexity index is 1300. The molecule has 174 valence electrons. The molecule has 6 rings (SSSR count). The number of benzene rings is 1. The maximum Gasteiger partial charge on any atom is 0.202 e. The van der Waals surface area contributed by atoms with E-state index in [1.165, 1.54) is 41.7 Å². The van der Waals surface area contributed by atoms with Gasteiger partial charge in [0, 0.05) is 31.3 Å². The Hall–Kier alpha value is -1.94. The number of hydrogen-bond acceptors (Lipinski definition) is 8. The minimum absolute atomic E-state index is 0. The van der Waals surface area contributed by atoms with E-state index in [-0.39, 0.29) is 12.4 Å². The van der Waals surface area contributed by atoms with E-state index >= 15 is 0 Å². The molecule has 0 radical (unpaired) electrons. The molecule has 4 aromatic rings. The number of nitrogens with zero attached hydrogens (tertiary/aromatic N) is 6. The zero-order valence-electron chi connectivity index (χ0n) is 18.9. The van der Waals surface area contributed by atoms with Gasteiger partial charge in [0.05, 0.1) is 20.9 Å². The van der Waals surface area contributed by atoms with Gasteiger partial charge in [0.25, 0.3) is 0 Å². The van der Waals surface area contributed by atoms with Gasteiger partial charge >= 0.3 is 0 Å². The first kappa shape index (κ1) is 22.8. The molecule has 2 aliphatic rings. The fourth-order valence-corrected chi connectivity index (χ4v) is 6.81. The Kier molecular flexibility index (Phi) is 6.01. The summed E-state index contributed by atoms with van der Waals surface area (Å²) < 4.78 is 8.77. The van der Waals surface area contributed by atoms with Crippen LogP contribution in [0.2, 0.25) is 0 Å². The van der Waals surface area contributed by atoms with Gasteiger partial charge in [-0.25, -0.2) is 9.97 Å². The Labute approximate surface area is 207 Å². The molecule has 0 spiro atoms. The highest BCUT2D eigenvalue weighted by Gasteiger charge is 2.60. The van der Waals surface area contributed by atoms with Gasteiger partial charge < -0.3 is 13.9 Å². The first-order valence-corrected chi connectivity index (χ1v) is 12.9. The molecule has 7 nitrogen and oxygen atoms in total. The summed E-state index contributed by atoms with van der Waals surface area (Å²) in [5.74, 6) is 3.26. The van der Waals surface area contributed by atoms with Crippen LogP contribution in [0.5, 0.6) is 0 Å². The number of hydrogen-bond donors (Lipinski definition) is 0. The summed E-state index contributed by atoms with van der Waals surface area (Å²) in [7, 11) is 1.98. The van der Waals surface area contributed by atoms with Gasteiger partial charge in [-0.2, -0.15) is 0 Å². The molecular weight excluding hydrogens is 476 g/mol. The molecule has 2 fully saturated rings. The van der Waals surface area contributed by atoms with Crippen LogP contribution < -0.4 is 0 Å². The van der Waals surface area contributed by atoms with E-state index in [1.54, 1.807) is 23.1 Å². The van der Waals surface area contributed by atoms with Crippen LogP contribution in [-0.4, -0.2) is 55.0 Å². The van der Waals surface area contributed by atoms with Crippen molar-refractivity contribution in [3.05, 3.63) is 40.9 Å². The highest BCUT2D eigenvalue weighted by Crippen LogP contribution is 2.59. The SMILES string of the molecule is Cc1nc2cc([C@]34C[C@H]3CN(CCCSc3nnc(-c5ocnc5C)n3C)C4)ccc2s1.Cl. The van der Waals surface area contributed by atoms with Crippen molar-refractivity contribution in [1.29, 1.82) is 0 Å². The summed E-state index contributed by atoms with van der Waals surface area (Å²) in [6.07, 6.45) is 3.92. The van der Waals surface area contributed by atoms with Crippen molar-refractivity contribution >= 4 is 45.7 Å². The minimum Gasteiger partial charge on any atom is -0.440 e. The predicted octanol–water partition coefficient (Wildman–Crippen LogP) is 4.87. The molecule has 0 amide bonds. The first-order chi connectivity index (χ1) is 15.5. The fourth-order valence-electron chi connectivity index (χ4n) is 5.16. The number of oxazole rings is 1. The van der Waals surface area contributed by atoms with E-state index < -0.39 is 0 Å². The molecule has 1 saturated heterocycles. The smallest absolute Gasteiger partial charge is 0.202 e. The molecule has 1 saturated carbocycles. The van der Waals surface area contributed by atoms with Gasteiger partial charge in [-0.15, -0.1) is 33.9 Å². The van der Waals surface area contributed by atoms with Crippen LogP contribution in [0.15, 0.2) is 34.2 Å². The van der Waals surface area contributed by atoms with Crippen molar-refractivity contribution in [1.82, 2.24) is 29.6 Å². The number of thiazole rings is 1. The van der Waals surface area contributed by atoms with Crippen LogP contribution in [0.4, 0.5) is 0 Å². The highest BCUT2D eigenvalue weighted by atomic mass is 35.5. The fraction of sp³-hybridized carbons (Fsp3) is 0.478. The van der Waals surface area contributed by atoms with Crippen molar-refractivity contribution in [2.75, 3.05) is 25.4 Å². The van der Waals surface area contributed by atoms with Crippen molar-refractivity contribution in [3.8, 4) is 11.6 Å². The van der Waals surface area contributed by atoms with Crippen LogP contribution in [0.1, 0.15) is 29.1 Å². The minimum atomic E-state index is 0. The third-order valence-electron chi connectivity index (χ3n) is 6.92. The topological polar surface area (TPSA) is 72.9 Å². The summed E-state index contributed by atoms with van der Waals surface area (Å²) in [5.41, 5.74) is 3.87. The van der Waals surface area contributed by atoms with Crippen molar-refractivity contribution in [3.63, 3.8) is 0 Å². The average molecular weight is 503 g/mol. The second-order valence-electron chi connectivity index (χ2n) is 9.04. The summed E-state index contributed by atoms with van der Waals surface area (Å²) in [4.78, 5) is 11.5. The van der Waals surface area contributed by atoms with Crippen molar-refractivity contribution in [2.24, 2.45) is 13.0 Å². The van der Waals surface area contributed by atoms with E-state index in [1.807, 2.05) is 18.5 Å². The third-order valence-corrected chi connectivity index (χ3v) is 8.98. The Balaban J connectivity index is 0.00000228. The van der Waals surface area contributed by atoms with Gasteiger partial charge in [-0.05, 0) is 56.8 Å². The summed E-state index contributed by atoms with van der Waals surface area (Å²) in [5, 5.41) is 10.7. The molecule has 0 N–H and O–H groups in total. The molecule has 0 bridgehead atoms. The van der Waals surface area contributed by atoms with E-state index in [0.717, 1.165) is 46.3 Å². The Morgan fingerprint density at radius 3 is 2.97 bits per heavy atom. The maximum atomic E-state index is 5.47. The Morgan fingerprint density at radius 2 is 2.15 bits per heavy atom. The van der Waals surface area contributed by atoms with E-state index in [2.05, 4.69) is 45.2 Å². The number of fused-ring (bicyclic) bond motifs is 2. The number of piperidine rings is 1. The second kappa shape index (κ2) is 8.69. The lowest BCUT2D eigenvalue weighted by atomic mass is 9.95. The largest absolute Gasteiger partial charge is 0.440 e. The predicted molar refractivity (Wildman–Crippen MR) is 134 cm³/mol. The van der Waals surface area contributed by atoms with Gasteiger partial charge in [-0.3, -0.25) is 0 Å². The van der Waals surface area contributed by atoms with Gasteiger partial charge in [0.2, 0.25) is 5.82 Å². The van der Waals surface area contributed by atoms with E-state index in [4.69, 9.17) is 9.40 Å². The van der Waals surface area contributed by atoms with E-state index in [0.29, 0.717) is 11.2 Å². The zero-order valence-corrected chi connectivity index (χ0v) is 21.4. The molecule has 4 heterocycles. The maximum absolute atomic E-state index is 5.47. The van der Waals surface area contributed by atoms with Crippen LogP contribution >= 0.6 is 35.5 Å². The highest BCUT2D eigenvalue weighted by molar-refractivity contribution is 7.99. The number of aryl methyl sites for hydroxylation is 2. The number of aromatic nitrogens is 5. The van der Waals surface area contributed by atoms with Gasteiger partial charge in [0.1, 0.15) is 0 Å². The number of rotatable bonds is 7. The van der Waals surface area contributed by atoms with Crippen LogP contribution in [0, 0.1) is 19.8 Å². The normalized spacial score (nSPS) is 22.0. The monoisotopic (exact) mass is 502 g/mol. The van der Waals surface area contributed by atoms with E-state index in [9.17, 15) is 0 Å². The number of thioether (sulfide) groups is 1. The quantitative estimate of drug-likeness (QED) is 0.263. The summed E-state index contributed by atoms with van der Waals surface area (Å²) in [6.45, 7) is 7.54. The van der Waals surface area contributed by atoms with Crippen LogP contribution in [0.3, 0.4) is 0 Å². The third kappa shape index (κ3) is 3.99. The Morgan fingerprint density at radius 1 is 1.27 bits per heavy atom. The molecule has 1 aromatic carbocycles. The zero-order chi connectivity index (χ0) is 21.9. The molecule has 33 heavy (non-hydrogen) atoms. The van der Waals surface area contributed by atoms with Crippen LogP contribution in [0.25, 0.3) is 21.8 Å². The standard InChI is InChI=1S/C23H26N6OS2.ClH/c1-14-20(30-13-24-14)21-26-27-22(28(21)3)31-8-4-7-29-11-17-10-23(17,12-29)16-5-6-19-18(9-16)25-15(2)32-19;/h5-6,9,13,17H,4,7-8,10-12H2,1-3H3;1H/t17-,23+;/m0./s1. The van der Waals surface area contributed by atoms with Crippen molar-refractivity contribution in [2.45, 2.75) is 37.3 Å². The van der Waals surface area contributed by atoms with Gasteiger partial charge in [0.15, 0.2) is 17.3 Å².